The molecular formula is C12H22N4O2. The predicted molar refractivity (Wildman–Crippen MR) is 68.0 cm³/mol. The minimum Gasteiger partial charge on any atom is -0.335 e. The van der Waals surface area contributed by atoms with E-state index in [0.29, 0.717) is 0 Å². The molecule has 0 unspecified atom stereocenters. The van der Waals surface area contributed by atoms with Crippen LogP contribution < -0.4 is 16.4 Å². The van der Waals surface area contributed by atoms with E-state index >= 15 is 0 Å². The maximum absolute atomic E-state index is 11.6. The molecule has 18 heavy (non-hydrogen) atoms. The zero-order chi connectivity index (χ0) is 13.0. The molecule has 1 saturated heterocycles. The molecule has 2 fully saturated rings. The number of nitrogens with two attached hydrogens (primary N) is 1. The van der Waals surface area contributed by atoms with Crippen LogP contribution >= 0.6 is 0 Å². The molecule has 0 bridgehead atoms. The number of hydrogen-bond acceptors (Lipinski definition) is 4. The average Bonchev–Trinajstić information content (AvgIpc) is 2.90. The molecular weight excluding hydrogens is 232 g/mol. The summed E-state index contributed by atoms with van der Waals surface area (Å²) in [5.41, 5.74) is 5.76. The zero-order valence-electron chi connectivity index (χ0n) is 10.7. The first-order valence-electron chi connectivity index (χ1n) is 6.72. The fourth-order valence-electron chi connectivity index (χ4n) is 2.67. The SMILES string of the molecule is N[C@@H]1CCN(CC(=O)NC(=O)NC2CCCC2)C1. The molecule has 0 radical (unpaired) electrons. The van der Waals surface area contributed by atoms with E-state index in [-0.39, 0.29) is 30.6 Å². The van der Waals surface area contributed by atoms with E-state index in [1.807, 2.05) is 4.90 Å². The summed E-state index contributed by atoms with van der Waals surface area (Å²) in [4.78, 5) is 25.2. The number of hydrogen-bond donors (Lipinski definition) is 3. The molecule has 1 aliphatic heterocycles. The molecule has 6 heteroatoms. The highest BCUT2D eigenvalue weighted by Gasteiger charge is 2.22. The van der Waals surface area contributed by atoms with Gasteiger partial charge in [-0.05, 0) is 19.3 Å². The largest absolute Gasteiger partial charge is 0.335 e. The van der Waals surface area contributed by atoms with Gasteiger partial charge in [0.1, 0.15) is 0 Å². The van der Waals surface area contributed by atoms with Gasteiger partial charge in [-0.3, -0.25) is 15.0 Å². The third-order valence-corrected chi connectivity index (χ3v) is 3.62. The van der Waals surface area contributed by atoms with Crippen molar-refractivity contribution in [2.75, 3.05) is 19.6 Å². The molecule has 1 atom stereocenters. The first kappa shape index (κ1) is 13.3. The van der Waals surface area contributed by atoms with Crippen molar-refractivity contribution in [2.24, 2.45) is 5.73 Å². The van der Waals surface area contributed by atoms with Gasteiger partial charge >= 0.3 is 6.03 Å². The smallest absolute Gasteiger partial charge is 0.321 e. The molecule has 2 rings (SSSR count). The van der Waals surface area contributed by atoms with Gasteiger partial charge in [0.05, 0.1) is 6.54 Å². The molecule has 0 aromatic rings. The summed E-state index contributed by atoms with van der Waals surface area (Å²) in [6, 6.07) is 0.0264. The number of imide groups is 1. The van der Waals surface area contributed by atoms with Gasteiger partial charge < -0.3 is 11.1 Å². The van der Waals surface area contributed by atoms with Gasteiger partial charge in [0, 0.05) is 25.2 Å². The summed E-state index contributed by atoms with van der Waals surface area (Å²) in [5, 5.41) is 5.21. The summed E-state index contributed by atoms with van der Waals surface area (Å²) in [5.74, 6) is -0.250. The molecule has 2 aliphatic rings. The number of carbonyl (C=O) groups excluding carboxylic acids is 2. The Kier molecular flexibility index (Phi) is 4.54. The Bertz CT molecular complexity index is 315. The number of urea groups is 1. The molecule has 0 aromatic carbocycles. The predicted octanol–water partition coefficient (Wildman–Crippen LogP) is -0.212. The van der Waals surface area contributed by atoms with Crippen molar-refractivity contribution >= 4 is 11.9 Å². The minimum absolute atomic E-state index is 0.158. The first-order valence-corrected chi connectivity index (χ1v) is 6.72. The molecule has 1 heterocycles. The average molecular weight is 254 g/mol. The third-order valence-electron chi connectivity index (χ3n) is 3.62. The minimum atomic E-state index is -0.365. The van der Waals surface area contributed by atoms with Crippen LogP contribution in [0.15, 0.2) is 0 Å². The summed E-state index contributed by atoms with van der Waals surface area (Å²) < 4.78 is 0. The van der Waals surface area contributed by atoms with Crippen LogP contribution in [-0.2, 0) is 4.79 Å². The second-order valence-electron chi connectivity index (χ2n) is 5.29. The molecule has 1 aliphatic carbocycles. The normalized spacial score (nSPS) is 25.3. The lowest BCUT2D eigenvalue weighted by molar-refractivity contribution is -0.120. The second-order valence-corrected chi connectivity index (χ2v) is 5.29. The van der Waals surface area contributed by atoms with Crippen molar-refractivity contribution in [1.82, 2.24) is 15.5 Å². The quantitative estimate of drug-likeness (QED) is 0.650. The Balaban J connectivity index is 1.65. The van der Waals surface area contributed by atoms with Gasteiger partial charge in [-0.25, -0.2) is 4.79 Å². The van der Waals surface area contributed by atoms with Crippen molar-refractivity contribution in [2.45, 2.75) is 44.2 Å². The van der Waals surface area contributed by atoms with Gasteiger partial charge in [0.25, 0.3) is 0 Å². The van der Waals surface area contributed by atoms with Crippen LogP contribution in [0.1, 0.15) is 32.1 Å². The zero-order valence-corrected chi connectivity index (χ0v) is 10.7. The molecule has 6 nitrogen and oxygen atoms in total. The number of amides is 3. The topological polar surface area (TPSA) is 87.5 Å². The number of rotatable bonds is 3. The van der Waals surface area contributed by atoms with E-state index in [4.69, 9.17) is 5.73 Å². The highest BCUT2D eigenvalue weighted by atomic mass is 16.2. The van der Waals surface area contributed by atoms with Crippen molar-refractivity contribution in [3.8, 4) is 0 Å². The van der Waals surface area contributed by atoms with E-state index in [1.54, 1.807) is 0 Å². The lowest BCUT2D eigenvalue weighted by Crippen LogP contribution is -2.47. The molecule has 4 N–H and O–H groups in total. The summed E-state index contributed by atoms with van der Waals surface area (Å²) in [6.45, 7) is 1.82. The fourth-order valence-corrected chi connectivity index (χ4v) is 2.67. The van der Waals surface area contributed by atoms with Crippen LogP contribution in [0, 0.1) is 0 Å². The summed E-state index contributed by atoms with van der Waals surface area (Å²) in [7, 11) is 0. The Morgan fingerprint density at radius 2 is 1.94 bits per heavy atom. The van der Waals surface area contributed by atoms with Gasteiger partial charge in [-0.1, -0.05) is 12.8 Å². The number of nitrogens with one attached hydrogen (secondary N) is 2. The van der Waals surface area contributed by atoms with Gasteiger partial charge in [0.15, 0.2) is 0 Å². The maximum atomic E-state index is 11.6. The Morgan fingerprint density at radius 1 is 1.22 bits per heavy atom. The van der Waals surface area contributed by atoms with E-state index in [9.17, 15) is 9.59 Å². The molecule has 0 spiro atoms. The third kappa shape index (κ3) is 3.96. The lowest BCUT2D eigenvalue weighted by atomic mass is 10.2. The number of nitrogens with zero attached hydrogens (tertiary/aromatic N) is 1. The second kappa shape index (κ2) is 6.15. The lowest BCUT2D eigenvalue weighted by Gasteiger charge is -2.16. The molecule has 3 amide bonds. The number of carbonyl (C=O) groups is 2. The Hall–Kier alpha value is -1.14. The first-order chi connectivity index (χ1) is 8.63. The molecule has 0 aromatic heterocycles. The van der Waals surface area contributed by atoms with E-state index in [2.05, 4.69) is 10.6 Å². The van der Waals surface area contributed by atoms with Crippen LogP contribution in [0.5, 0.6) is 0 Å². The van der Waals surface area contributed by atoms with Crippen LogP contribution in [-0.4, -0.2) is 48.6 Å². The Labute approximate surface area is 107 Å². The van der Waals surface area contributed by atoms with Crippen molar-refractivity contribution < 1.29 is 9.59 Å². The maximum Gasteiger partial charge on any atom is 0.321 e. The van der Waals surface area contributed by atoms with Crippen LogP contribution in [0.25, 0.3) is 0 Å². The van der Waals surface area contributed by atoms with Crippen molar-refractivity contribution in [3.63, 3.8) is 0 Å². The van der Waals surface area contributed by atoms with Crippen molar-refractivity contribution in [1.29, 1.82) is 0 Å². The van der Waals surface area contributed by atoms with Gasteiger partial charge in [-0.15, -0.1) is 0 Å². The van der Waals surface area contributed by atoms with E-state index in [0.717, 1.165) is 45.2 Å². The Morgan fingerprint density at radius 3 is 2.56 bits per heavy atom. The molecule has 102 valence electrons. The van der Waals surface area contributed by atoms with Gasteiger partial charge in [-0.2, -0.15) is 0 Å². The standard InChI is InChI=1S/C12H22N4O2/c13-9-5-6-16(7-9)8-11(17)15-12(18)14-10-3-1-2-4-10/h9-10H,1-8,13H2,(H2,14,15,17,18)/t9-/m1/s1. The number of likely N-dealkylation sites (tertiary alicyclic amines) is 1. The monoisotopic (exact) mass is 254 g/mol. The van der Waals surface area contributed by atoms with Gasteiger partial charge in [0.2, 0.25) is 5.91 Å². The summed E-state index contributed by atoms with van der Waals surface area (Å²) in [6.07, 6.45) is 5.27. The molecule has 1 saturated carbocycles. The highest BCUT2D eigenvalue weighted by Crippen LogP contribution is 2.17. The van der Waals surface area contributed by atoms with Crippen LogP contribution in [0.4, 0.5) is 4.79 Å². The van der Waals surface area contributed by atoms with Crippen LogP contribution in [0.2, 0.25) is 0 Å². The highest BCUT2D eigenvalue weighted by molar-refractivity contribution is 5.95. The van der Waals surface area contributed by atoms with E-state index < -0.39 is 0 Å². The fraction of sp³-hybridized carbons (Fsp3) is 0.833. The van der Waals surface area contributed by atoms with Crippen molar-refractivity contribution in [3.05, 3.63) is 0 Å². The summed E-state index contributed by atoms with van der Waals surface area (Å²) >= 11 is 0. The van der Waals surface area contributed by atoms with E-state index in [1.165, 1.54) is 0 Å². The van der Waals surface area contributed by atoms with Crippen LogP contribution in [0.3, 0.4) is 0 Å².